The fourth-order valence-electron chi connectivity index (χ4n) is 5.25. The third kappa shape index (κ3) is 4.41. The van der Waals surface area contributed by atoms with Crippen LogP contribution in [0.25, 0.3) is 10.8 Å². The zero-order valence-electron chi connectivity index (χ0n) is 21.5. The number of rotatable bonds is 5. The Balaban J connectivity index is 1.32. The van der Waals surface area contributed by atoms with Gasteiger partial charge in [0.25, 0.3) is 5.56 Å². The van der Waals surface area contributed by atoms with Crippen molar-refractivity contribution in [3.05, 3.63) is 93.2 Å². The van der Waals surface area contributed by atoms with E-state index in [2.05, 4.69) is 58.7 Å². The van der Waals surface area contributed by atoms with Gasteiger partial charge in [-0.1, -0.05) is 42.5 Å². The van der Waals surface area contributed by atoms with Gasteiger partial charge in [-0.05, 0) is 50.5 Å². The summed E-state index contributed by atoms with van der Waals surface area (Å²) in [6.07, 6.45) is 1.73. The molecule has 1 fully saturated rings. The van der Waals surface area contributed by atoms with Crippen molar-refractivity contribution in [2.75, 3.05) is 31.1 Å². The van der Waals surface area contributed by atoms with E-state index >= 15 is 0 Å². The third-order valence-corrected chi connectivity index (χ3v) is 7.41. The van der Waals surface area contributed by atoms with Crippen LogP contribution >= 0.6 is 0 Å². The number of aryl methyl sites for hydroxylation is 4. The predicted molar refractivity (Wildman–Crippen MR) is 144 cm³/mol. The largest absolute Gasteiger partial charge is 0.368 e. The Hall–Kier alpha value is -3.87. The van der Waals surface area contributed by atoms with Crippen LogP contribution in [-0.2, 0) is 17.9 Å². The van der Waals surface area contributed by atoms with E-state index in [4.69, 9.17) is 0 Å². The molecular weight excluding hydrogens is 450 g/mol. The summed E-state index contributed by atoms with van der Waals surface area (Å²) in [6.45, 7) is 11.7. The highest BCUT2D eigenvalue weighted by atomic mass is 16.2. The van der Waals surface area contributed by atoms with E-state index < -0.39 is 0 Å². The van der Waals surface area contributed by atoms with Crippen LogP contribution in [0.5, 0.6) is 0 Å². The Kier molecular flexibility index (Phi) is 6.39. The fourth-order valence-corrected chi connectivity index (χ4v) is 5.25. The Morgan fingerprint density at radius 2 is 1.64 bits per heavy atom. The first-order valence-corrected chi connectivity index (χ1v) is 12.5. The van der Waals surface area contributed by atoms with Crippen LogP contribution in [-0.4, -0.2) is 51.3 Å². The van der Waals surface area contributed by atoms with Crippen LogP contribution in [0.1, 0.15) is 28.1 Å². The Bertz CT molecular complexity index is 1480. The molecule has 0 bridgehead atoms. The molecule has 1 aliphatic heterocycles. The number of benzene rings is 2. The van der Waals surface area contributed by atoms with Crippen LogP contribution in [0, 0.1) is 27.7 Å². The number of amides is 1. The average molecular weight is 484 g/mol. The van der Waals surface area contributed by atoms with Gasteiger partial charge in [0.2, 0.25) is 5.91 Å². The van der Waals surface area contributed by atoms with Gasteiger partial charge in [-0.15, -0.1) is 0 Å². The lowest BCUT2D eigenvalue weighted by Crippen LogP contribution is -2.50. The predicted octanol–water partition coefficient (Wildman–Crippen LogP) is 3.83. The summed E-state index contributed by atoms with van der Waals surface area (Å²) in [5, 5.41) is 5.87. The van der Waals surface area contributed by atoms with Crippen LogP contribution in [0.4, 0.5) is 5.69 Å². The van der Waals surface area contributed by atoms with Crippen molar-refractivity contribution in [2.24, 2.45) is 0 Å². The first-order valence-electron chi connectivity index (χ1n) is 12.5. The number of hydrogen-bond acceptors (Lipinski definition) is 4. The molecule has 0 radical (unpaired) electrons. The molecule has 0 N–H and O–H groups in total. The van der Waals surface area contributed by atoms with Gasteiger partial charge in [-0.2, -0.15) is 5.10 Å². The van der Waals surface area contributed by atoms with Crippen molar-refractivity contribution in [1.29, 1.82) is 0 Å². The minimum absolute atomic E-state index is 0.0411. The molecule has 1 aliphatic rings. The monoisotopic (exact) mass is 483 g/mol. The Labute approximate surface area is 211 Å². The number of nitrogens with zero attached hydrogens (tertiary/aromatic N) is 5. The fraction of sp³-hybridized carbons (Fsp3) is 0.345. The average Bonchev–Trinajstić information content (AvgIpc) is 3.13. The first kappa shape index (κ1) is 23.9. The lowest BCUT2D eigenvalue weighted by atomic mass is 10.1. The van der Waals surface area contributed by atoms with Crippen molar-refractivity contribution in [1.82, 2.24) is 19.2 Å². The summed E-state index contributed by atoms with van der Waals surface area (Å²) in [6, 6.07) is 16.7. The topological polar surface area (TPSA) is 63.4 Å². The minimum atomic E-state index is -0.206. The molecule has 1 saturated heterocycles. The second kappa shape index (κ2) is 9.64. The molecule has 5 rings (SSSR count). The van der Waals surface area contributed by atoms with Crippen molar-refractivity contribution in [3.63, 3.8) is 0 Å². The van der Waals surface area contributed by atoms with Crippen LogP contribution in [0.3, 0.4) is 0 Å². The molecule has 0 atom stereocenters. The van der Waals surface area contributed by atoms with E-state index in [0.29, 0.717) is 25.0 Å². The maximum absolute atomic E-state index is 13.4. The van der Waals surface area contributed by atoms with Crippen molar-refractivity contribution in [2.45, 2.75) is 40.8 Å². The van der Waals surface area contributed by atoms with E-state index in [1.165, 1.54) is 27.1 Å². The zero-order valence-corrected chi connectivity index (χ0v) is 21.5. The maximum Gasteiger partial charge on any atom is 0.276 e. The standard InChI is InChI=1S/C29H33N5O2/c1-20-10-11-21(2)26(16-20)31-12-14-32(15-13-31)27(35)19-34-29(36)28-23(4)33(22(3)25(28)17-30-34)18-24-8-6-5-7-9-24/h5-11,16-17H,12-15,18-19H2,1-4H3. The van der Waals surface area contributed by atoms with E-state index in [9.17, 15) is 9.59 Å². The lowest BCUT2D eigenvalue weighted by molar-refractivity contribution is -0.132. The molecule has 2 aromatic heterocycles. The maximum atomic E-state index is 13.4. The number of anilines is 1. The summed E-state index contributed by atoms with van der Waals surface area (Å²) >= 11 is 0. The third-order valence-electron chi connectivity index (χ3n) is 7.41. The zero-order chi connectivity index (χ0) is 25.4. The van der Waals surface area contributed by atoms with E-state index in [0.717, 1.165) is 29.9 Å². The number of carbonyl (C=O) groups excluding carboxylic acids is 1. The molecule has 2 aromatic carbocycles. The van der Waals surface area contributed by atoms with E-state index in [-0.39, 0.29) is 18.0 Å². The Morgan fingerprint density at radius 3 is 2.36 bits per heavy atom. The number of aromatic nitrogens is 3. The summed E-state index contributed by atoms with van der Waals surface area (Å²) in [7, 11) is 0. The van der Waals surface area contributed by atoms with Crippen molar-refractivity contribution < 1.29 is 4.79 Å². The van der Waals surface area contributed by atoms with Gasteiger partial charge in [0, 0.05) is 55.2 Å². The minimum Gasteiger partial charge on any atom is -0.368 e. The number of carbonyl (C=O) groups is 1. The second-order valence-electron chi connectivity index (χ2n) is 9.80. The molecule has 36 heavy (non-hydrogen) atoms. The van der Waals surface area contributed by atoms with Crippen LogP contribution < -0.4 is 10.5 Å². The molecule has 0 spiro atoms. The highest BCUT2D eigenvalue weighted by Crippen LogP contribution is 2.24. The molecule has 1 amide bonds. The normalized spacial score (nSPS) is 14.0. The highest BCUT2D eigenvalue weighted by Gasteiger charge is 2.24. The first-order chi connectivity index (χ1) is 17.3. The van der Waals surface area contributed by atoms with Gasteiger partial charge in [0.1, 0.15) is 6.54 Å². The molecule has 0 aliphatic carbocycles. The van der Waals surface area contributed by atoms with Gasteiger partial charge < -0.3 is 14.4 Å². The summed E-state index contributed by atoms with van der Waals surface area (Å²) in [5.41, 5.74) is 6.59. The van der Waals surface area contributed by atoms with Crippen molar-refractivity contribution >= 4 is 22.4 Å². The molecule has 186 valence electrons. The van der Waals surface area contributed by atoms with Crippen LogP contribution in [0.2, 0.25) is 0 Å². The second-order valence-corrected chi connectivity index (χ2v) is 9.80. The smallest absolute Gasteiger partial charge is 0.276 e. The summed E-state index contributed by atoms with van der Waals surface area (Å²) < 4.78 is 3.47. The van der Waals surface area contributed by atoms with Gasteiger partial charge in [0.15, 0.2) is 0 Å². The summed E-state index contributed by atoms with van der Waals surface area (Å²) in [4.78, 5) is 30.7. The van der Waals surface area contributed by atoms with Crippen LogP contribution in [0.15, 0.2) is 59.5 Å². The highest BCUT2D eigenvalue weighted by molar-refractivity contribution is 5.87. The van der Waals surface area contributed by atoms with Gasteiger partial charge in [-0.3, -0.25) is 9.59 Å². The van der Waals surface area contributed by atoms with Gasteiger partial charge in [0.05, 0.1) is 11.6 Å². The molecule has 4 aromatic rings. The molecule has 0 saturated carbocycles. The van der Waals surface area contributed by atoms with Gasteiger partial charge in [-0.25, -0.2) is 4.68 Å². The number of hydrogen-bond donors (Lipinski definition) is 0. The lowest BCUT2D eigenvalue weighted by Gasteiger charge is -2.37. The SMILES string of the molecule is Cc1ccc(C)c(N2CCN(C(=O)Cn3ncc4c(C)n(Cc5ccccc5)c(C)c4c3=O)CC2)c1. The summed E-state index contributed by atoms with van der Waals surface area (Å²) in [5.74, 6) is -0.0670. The molecular formula is C29H33N5O2. The quantitative estimate of drug-likeness (QED) is 0.433. The molecule has 7 heteroatoms. The number of fused-ring (bicyclic) bond motifs is 1. The molecule has 7 nitrogen and oxygen atoms in total. The van der Waals surface area contributed by atoms with Crippen molar-refractivity contribution in [3.8, 4) is 0 Å². The van der Waals surface area contributed by atoms with E-state index in [1.54, 1.807) is 6.20 Å². The Morgan fingerprint density at radius 1 is 0.917 bits per heavy atom. The molecule has 3 heterocycles. The van der Waals surface area contributed by atoms with Gasteiger partial charge >= 0.3 is 0 Å². The van der Waals surface area contributed by atoms with E-state index in [1.807, 2.05) is 36.9 Å². The number of piperazine rings is 1. The molecule has 0 unspecified atom stereocenters.